The second kappa shape index (κ2) is 7.99. The number of hydrogen-bond donors (Lipinski definition) is 0. The molecule has 2 aromatic rings. The van der Waals surface area contributed by atoms with Crippen LogP contribution in [0, 0.1) is 10.1 Å². The maximum atomic E-state index is 12.4. The molecule has 27 heavy (non-hydrogen) atoms. The van der Waals surface area contributed by atoms with E-state index >= 15 is 0 Å². The normalized spacial score (nSPS) is 14.2. The van der Waals surface area contributed by atoms with E-state index < -0.39 is 4.92 Å². The summed E-state index contributed by atoms with van der Waals surface area (Å²) < 4.78 is 5.51. The lowest BCUT2D eigenvalue weighted by Crippen LogP contribution is -2.37. The van der Waals surface area contributed by atoms with Gasteiger partial charge in [0.05, 0.1) is 22.7 Å². The molecular formula is C20H20N2O5. The Hall–Kier alpha value is -3.22. The Bertz CT molecular complexity index is 845. The topological polar surface area (TPSA) is 89.8 Å². The van der Waals surface area contributed by atoms with Crippen molar-refractivity contribution >= 4 is 17.5 Å². The Morgan fingerprint density at radius 3 is 2.22 bits per heavy atom. The van der Waals surface area contributed by atoms with Gasteiger partial charge in [0.1, 0.15) is 0 Å². The van der Waals surface area contributed by atoms with Crippen molar-refractivity contribution < 1.29 is 19.2 Å². The first-order valence-electron chi connectivity index (χ1n) is 8.84. The summed E-state index contributed by atoms with van der Waals surface area (Å²) in [5.74, 6) is -0.255. The highest BCUT2D eigenvalue weighted by Crippen LogP contribution is 2.27. The lowest BCUT2D eigenvalue weighted by molar-refractivity contribution is -0.385. The fraction of sp³-hybridized carbons (Fsp3) is 0.300. The highest BCUT2D eigenvalue weighted by atomic mass is 16.6. The van der Waals surface area contributed by atoms with Crippen LogP contribution in [0.5, 0.6) is 5.75 Å². The first-order valence-corrected chi connectivity index (χ1v) is 8.84. The molecule has 140 valence electrons. The van der Waals surface area contributed by atoms with Gasteiger partial charge >= 0.3 is 5.69 Å². The Kier molecular flexibility index (Phi) is 5.49. The van der Waals surface area contributed by atoms with E-state index in [4.69, 9.17) is 4.74 Å². The standard InChI is InChI=1S/C20H20N2O5/c1-14(21-19(23)15-9-2-3-10-16(15)20(21)24)8-6-7-13-27-18-12-5-4-11-17(18)22(25)26/h2-5,9-12,14H,6-8,13H2,1H3. The van der Waals surface area contributed by atoms with Crippen molar-refractivity contribution in [2.45, 2.75) is 32.2 Å². The zero-order valence-electron chi connectivity index (χ0n) is 15.0. The van der Waals surface area contributed by atoms with Gasteiger partial charge in [-0.15, -0.1) is 0 Å². The number of benzene rings is 2. The van der Waals surface area contributed by atoms with Crippen molar-refractivity contribution in [3.63, 3.8) is 0 Å². The lowest BCUT2D eigenvalue weighted by Gasteiger charge is -2.22. The molecule has 0 aliphatic carbocycles. The maximum Gasteiger partial charge on any atom is 0.310 e. The molecule has 1 atom stereocenters. The molecule has 1 aliphatic rings. The first-order chi connectivity index (χ1) is 13.0. The molecule has 0 fully saturated rings. The average Bonchev–Trinajstić information content (AvgIpc) is 2.92. The molecule has 0 aromatic heterocycles. The number of nitro benzene ring substituents is 1. The highest BCUT2D eigenvalue weighted by molar-refractivity contribution is 6.21. The van der Waals surface area contributed by atoms with E-state index in [1.54, 1.807) is 42.5 Å². The number of nitrogens with zero attached hydrogens (tertiary/aromatic N) is 2. The Morgan fingerprint density at radius 1 is 1.00 bits per heavy atom. The predicted octanol–water partition coefficient (Wildman–Crippen LogP) is 3.83. The van der Waals surface area contributed by atoms with Gasteiger partial charge in [-0.3, -0.25) is 24.6 Å². The minimum absolute atomic E-state index is 0.0584. The van der Waals surface area contributed by atoms with Gasteiger partial charge in [-0.05, 0) is 44.4 Å². The molecule has 0 spiro atoms. The van der Waals surface area contributed by atoms with Crippen LogP contribution < -0.4 is 4.74 Å². The van der Waals surface area contributed by atoms with Crippen molar-refractivity contribution in [3.8, 4) is 5.75 Å². The molecule has 2 amide bonds. The van der Waals surface area contributed by atoms with E-state index in [1.165, 1.54) is 11.0 Å². The van der Waals surface area contributed by atoms with Crippen LogP contribution in [0.15, 0.2) is 48.5 Å². The van der Waals surface area contributed by atoms with Crippen LogP contribution in [0.25, 0.3) is 0 Å². The van der Waals surface area contributed by atoms with Crippen LogP contribution in [0.2, 0.25) is 0 Å². The summed E-state index contributed by atoms with van der Waals surface area (Å²) in [6.07, 6.45) is 2.04. The molecule has 1 heterocycles. The fourth-order valence-corrected chi connectivity index (χ4v) is 3.19. The molecule has 7 heteroatoms. The number of ether oxygens (including phenoxy) is 1. The van der Waals surface area contributed by atoms with Gasteiger partial charge in [0.15, 0.2) is 5.75 Å². The Balaban J connectivity index is 1.49. The minimum Gasteiger partial charge on any atom is -0.487 e. The molecule has 0 radical (unpaired) electrons. The van der Waals surface area contributed by atoms with Gasteiger partial charge in [0.2, 0.25) is 0 Å². The average molecular weight is 368 g/mol. The van der Waals surface area contributed by atoms with Crippen molar-refractivity contribution in [3.05, 3.63) is 69.8 Å². The third kappa shape index (κ3) is 3.81. The molecule has 1 aliphatic heterocycles. The molecule has 0 saturated carbocycles. The van der Waals surface area contributed by atoms with Crippen LogP contribution in [0.1, 0.15) is 46.9 Å². The number of hydrogen-bond acceptors (Lipinski definition) is 5. The monoisotopic (exact) mass is 368 g/mol. The molecule has 3 rings (SSSR count). The number of carbonyl (C=O) groups excluding carboxylic acids is 2. The smallest absolute Gasteiger partial charge is 0.310 e. The predicted molar refractivity (Wildman–Crippen MR) is 98.8 cm³/mol. The largest absolute Gasteiger partial charge is 0.487 e. The summed E-state index contributed by atoms with van der Waals surface area (Å²) in [5.41, 5.74) is 0.847. The van der Waals surface area contributed by atoms with E-state index in [-0.39, 0.29) is 29.3 Å². The van der Waals surface area contributed by atoms with Crippen molar-refractivity contribution in [1.29, 1.82) is 0 Å². The molecular weight excluding hydrogens is 348 g/mol. The summed E-state index contributed by atoms with van der Waals surface area (Å²) >= 11 is 0. The lowest BCUT2D eigenvalue weighted by atomic mass is 10.1. The van der Waals surface area contributed by atoms with Gasteiger partial charge in [-0.2, -0.15) is 0 Å². The minimum atomic E-state index is -0.473. The summed E-state index contributed by atoms with van der Waals surface area (Å²) in [6.45, 7) is 2.18. The molecule has 0 saturated heterocycles. The van der Waals surface area contributed by atoms with Gasteiger partial charge in [-0.25, -0.2) is 0 Å². The van der Waals surface area contributed by atoms with Crippen LogP contribution in [0.4, 0.5) is 5.69 Å². The molecule has 7 nitrogen and oxygen atoms in total. The number of nitro groups is 1. The van der Waals surface area contributed by atoms with Crippen molar-refractivity contribution in [1.82, 2.24) is 4.90 Å². The number of fused-ring (bicyclic) bond motifs is 1. The van der Waals surface area contributed by atoms with Crippen molar-refractivity contribution in [2.75, 3.05) is 6.61 Å². The van der Waals surface area contributed by atoms with Gasteiger partial charge in [0, 0.05) is 12.1 Å². The molecule has 0 N–H and O–H groups in total. The van der Waals surface area contributed by atoms with E-state index in [1.807, 2.05) is 6.92 Å². The van der Waals surface area contributed by atoms with Gasteiger partial charge in [-0.1, -0.05) is 24.3 Å². The quantitative estimate of drug-likeness (QED) is 0.306. The number of imide groups is 1. The molecule has 1 unspecified atom stereocenters. The maximum absolute atomic E-state index is 12.4. The summed E-state index contributed by atoms with van der Waals surface area (Å²) in [6, 6.07) is 12.9. The van der Waals surface area contributed by atoms with Crippen molar-refractivity contribution in [2.24, 2.45) is 0 Å². The zero-order chi connectivity index (χ0) is 19.4. The third-order valence-electron chi connectivity index (χ3n) is 4.60. The third-order valence-corrected chi connectivity index (χ3v) is 4.60. The number of rotatable bonds is 8. The molecule has 0 bridgehead atoms. The van der Waals surface area contributed by atoms with E-state index in [0.29, 0.717) is 30.6 Å². The van der Waals surface area contributed by atoms with Gasteiger partial charge in [0.25, 0.3) is 11.8 Å². The Labute approximate surface area is 156 Å². The second-order valence-corrected chi connectivity index (χ2v) is 6.44. The molecule has 2 aromatic carbocycles. The number of unbranched alkanes of at least 4 members (excludes halogenated alkanes) is 1. The second-order valence-electron chi connectivity index (χ2n) is 6.44. The summed E-state index contributed by atoms with van der Waals surface area (Å²) in [5, 5.41) is 11.0. The Morgan fingerprint density at radius 2 is 1.59 bits per heavy atom. The number of carbonyl (C=O) groups is 2. The summed E-state index contributed by atoms with van der Waals surface area (Å²) in [7, 11) is 0. The van der Waals surface area contributed by atoms with Crippen LogP contribution in [-0.4, -0.2) is 34.3 Å². The fourth-order valence-electron chi connectivity index (χ4n) is 3.19. The highest BCUT2D eigenvalue weighted by Gasteiger charge is 2.37. The van der Waals surface area contributed by atoms with Crippen LogP contribution in [0.3, 0.4) is 0 Å². The van der Waals surface area contributed by atoms with E-state index in [2.05, 4.69) is 0 Å². The first kappa shape index (κ1) is 18.6. The van der Waals surface area contributed by atoms with Crippen LogP contribution >= 0.6 is 0 Å². The van der Waals surface area contributed by atoms with E-state index in [0.717, 1.165) is 6.42 Å². The zero-order valence-corrected chi connectivity index (χ0v) is 15.0. The number of amides is 2. The van der Waals surface area contributed by atoms with Crippen LogP contribution in [-0.2, 0) is 0 Å². The van der Waals surface area contributed by atoms with Gasteiger partial charge < -0.3 is 4.74 Å². The SMILES string of the molecule is CC(CCCCOc1ccccc1[N+](=O)[O-])N1C(=O)c2ccccc2C1=O. The summed E-state index contributed by atoms with van der Waals surface area (Å²) in [4.78, 5) is 36.7. The van der Waals surface area contributed by atoms with E-state index in [9.17, 15) is 19.7 Å². The number of para-hydroxylation sites is 2.